The van der Waals surface area contributed by atoms with Crippen molar-refractivity contribution in [2.75, 3.05) is 24.5 Å². The number of hydrogen-bond acceptors (Lipinski definition) is 4. The van der Waals surface area contributed by atoms with E-state index in [1.807, 2.05) is 18.0 Å². The Bertz CT molecular complexity index is 514. The molecule has 1 heterocycles. The molecule has 1 aromatic carbocycles. The molecule has 1 saturated heterocycles. The van der Waals surface area contributed by atoms with E-state index in [1.165, 1.54) is 6.07 Å². The van der Waals surface area contributed by atoms with Gasteiger partial charge in [0.2, 0.25) is 6.41 Å². The third kappa shape index (κ3) is 2.83. The van der Waals surface area contributed by atoms with Gasteiger partial charge in [0, 0.05) is 31.4 Å². The van der Waals surface area contributed by atoms with Crippen molar-refractivity contribution in [3.05, 3.63) is 29.6 Å². The number of carbonyl (C=O) groups excluding carboxylic acids is 1. The SMILES string of the molecule is CC1CN(c2ccc(F)c(C#N)c2)CCN1NC=O. The van der Waals surface area contributed by atoms with Gasteiger partial charge in [0.15, 0.2) is 0 Å². The topological polar surface area (TPSA) is 59.4 Å². The Morgan fingerprint density at radius 3 is 2.95 bits per heavy atom. The number of amides is 1. The molecular weight excluding hydrogens is 247 g/mol. The van der Waals surface area contributed by atoms with Gasteiger partial charge in [-0.2, -0.15) is 5.26 Å². The van der Waals surface area contributed by atoms with Crippen LogP contribution in [0.4, 0.5) is 10.1 Å². The Kier molecular flexibility index (Phi) is 3.97. The summed E-state index contributed by atoms with van der Waals surface area (Å²) < 4.78 is 13.3. The van der Waals surface area contributed by atoms with Crippen molar-refractivity contribution in [1.29, 1.82) is 5.26 Å². The summed E-state index contributed by atoms with van der Waals surface area (Å²) in [5, 5.41) is 10.7. The van der Waals surface area contributed by atoms with Gasteiger partial charge in [-0.3, -0.25) is 10.2 Å². The van der Waals surface area contributed by atoms with Gasteiger partial charge < -0.3 is 4.90 Å². The quantitative estimate of drug-likeness (QED) is 0.821. The van der Waals surface area contributed by atoms with E-state index in [0.29, 0.717) is 26.0 Å². The normalized spacial score (nSPS) is 19.8. The lowest BCUT2D eigenvalue weighted by molar-refractivity contribution is -0.114. The largest absolute Gasteiger partial charge is 0.369 e. The van der Waals surface area contributed by atoms with Crippen LogP contribution >= 0.6 is 0 Å². The van der Waals surface area contributed by atoms with Crippen LogP contribution < -0.4 is 10.3 Å². The molecule has 1 aliphatic heterocycles. The number of nitrogens with one attached hydrogen (secondary N) is 1. The number of hydrogen-bond donors (Lipinski definition) is 1. The number of nitriles is 1. The average molecular weight is 262 g/mol. The zero-order chi connectivity index (χ0) is 13.8. The van der Waals surface area contributed by atoms with E-state index in [-0.39, 0.29) is 11.6 Å². The van der Waals surface area contributed by atoms with E-state index in [1.54, 1.807) is 12.1 Å². The van der Waals surface area contributed by atoms with Crippen LogP contribution in [0.2, 0.25) is 0 Å². The molecule has 0 aromatic heterocycles. The summed E-state index contributed by atoms with van der Waals surface area (Å²) in [6.45, 7) is 4.09. The third-order valence-electron chi connectivity index (χ3n) is 3.28. The minimum absolute atomic E-state index is 0.0543. The van der Waals surface area contributed by atoms with Gasteiger partial charge in [0.05, 0.1) is 5.56 Å². The second-order valence-corrected chi connectivity index (χ2v) is 4.51. The molecule has 1 unspecified atom stereocenters. The van der Waals surface area contributed by atoms with Gasteiger partial charge in [-0.1, -0.05) is 0 Å². The molecule has 1 atom stereocenters. The lowest BCUT2D eigenvalue weighted by Gasteiger charge is -2.40. The van der Waals surface area contributed by atoms with Gasteiger partial charge in [-0.15, -0.1) is 0 Å². The van der Waals surface area contributed by atoms with Crippen LogP contribution in [0.5, 0.6) is 0 Å². The Hall–Kier alpha value is -2.13. The van der Waals surface area contributed by atoms with Crippen LogP contribution in [0.1, 0.15) is 12.5 Å². The lowest BCUT2D eigenvalue weighted by atomic mass is 10.1. The Morgan fingerprint density at radius 1 is 1.53 bits per heavy atom. The first-order valence-electron chi connectivity index (χ1n) is 6.06. The first kappa shape index (κ1) is 13.3. The summed E-state index contributed by atoms with van der Waals surface area (Å²) in [6, 6.07) is 6.54. The molecule has 0 aliphatic carbocycles. The number of halogens is 1. The fourth-order valence-corrected chi connectivity index (χ4v) is 2.25. The van der Waals surface area contributed by atoms with Crippen molar-refractivity contribution < 1.29 is 9.18 Å². The lowest BCUT2D eigenvalue weighted by Crippen LogP contribution is -2.56. The standard InChI is InChI=1S/C13H15FN4O/c1-10-8-17(4-5-18(10)16-9-19)12-2-3-13(14)11(6-12)7-15/h2-3,6,9-10H,4-5,8H2,1H3,(H,16,19). The zero-order valence-corrected chi connectivity index (χ0v) is 10.6. The zero-order valence-electron chi connectivity index (χ0n) is 10.6. The molecule has 1 N–H and O–H groups in total. The first-order chi connectivity index (χ1) is 9.15. The van der Waals surface area contributed by atoms with Crippen molar-refractivity contribution >= 4 is 12.1 Å². The molecule has 0 saturated carbocycles. The number of carbonyl (C=O) groups is 1. The maximum atomic E-state index is 13.3. The van der Waals surface area contributed by atoms with Crippen molar-refractivity contribution in [2.45, 2.75) is 13.0 Å². The van der Waals surface area contributed by atoms with Gasteiger partial charge in [0.1, 0.15) is 11.9 Å². The van der Waals surface area contributed by atoms with Gasteiger partial charge in [0.25, 0.3) is 0 Å². The Balaban J connectivity index is 2.12. The molecule has 19 heavy (non-hydrogen) atoms. The molecule has 6 heteroatoms. The highest BCUT2D eigenvalue weighted by molar-refractivity contribution is 5.52. The molecule has 0 spiro atoms. The second kappa shape index (κ2) is 5.67. The van der Waals surface area contributed by atoms with Crippen LogP contribution in [0.3, 0.4) is 0 Å². The van der Waals surface area contributed by atoms with Gasteiger partial charge in [-0.25, -0.2) is 9.40 Å². The number of nitrogens with zero attached hydrogens (tertiary/aromatic N) is 3. The van der Waals surface area contributed by atoms with E-state index in [0.717, 1.165) is 5.69 Å². The van der Waals surface area contributed by atoms with Crippen molar-refractivity contribution in [2.24, 2.45) is 0 Å². The van der Waals surface area contributed by atoms with Crippen molar-refractivity contribution in [1.82, 2.24) is 10.4 Å². The summed E-state index contributed by atoms with van der Waals surface area (Å²) in [7, 11) is 0. The van der Waals surface area contributed by atoms with E-state index in [4.69, 9.17) is 5.26 Å². The highest BCUT2D eigenvalue weighted by Crippen LogP contribution is 2.21. The summed E-state index contributed by atoms with van der Waals surface area (Å²) in [5.41, 5.74) is 3.54. The number of hydrazine groups is 1. The third-order valence-corrected chi connectivity index (χ3v) is 3.28. The van der Waals surface area contributed by atoms with E-state index < -0.39 is 5.82 Å². The maximum Gasteiger partial charge on any atom is 0.221 e. The molecule has 1 aliphatic rings. The van der Waals surface area contributed by atoms with Gasteiger partial charge in [-0.05, 0) is 25.1 Å². The number of rotatable bonds is 3. The summed E-state index contributed by atoms with van der Waals surface area (Å²) >= 11 is 0. The molecule has 1 aromatic rings. The van der Waals surface area contributed by atoms with E-state index >= 15 is 0 Å². The minimum atomic E-state index is -0.499. The van der Waals surface area contributed by atoms with Gasteiger partial charge >= 0.3 is 0 Å². The Labute approximate surface area is 111 Å². The smallest absolute Gasteiger partial charge is 0.221 e. The molecular formula is C13H15FN4O. The van der Waals surface area contributed by atoms with E-state index in [9.17, 15) is 9.18 Å². The fraction of sp³-hybridized carbons (Fsp3) is 0.385. The molecule has 0 radical (unpaired) electrons. The molecule has 100 valence electrons. The van der Waals surface area contributed by atoms with Crippen LogP contribution in [0.15, 0.2) is 18.2 Å². The second-order valence-electron chi connectivity index (χ2n) is 4.51. The van der Waals surface area contributed by atoms with Crippen molar-refractivity contribution in [3.8, 4) is 6.07 Å². The monoisotopic (exact) mass is 262 g/mol. The van der Waals surface area contributed by atoms with Crippen LogP contribution in [0.25, 0.3) is 0 Å². The summed E-state index contributed by atoms with van der Waals surface area (Å²) in [5.74, 6) is -0.499. The molecule has 2 rings (SSSR count). The fourth-order valence-electron chi connectivity index (χ4n) is 2.25. The molecule has 1 fully saturated rings. The summed E-state index contributed by atoms with van der Waals surface area (Å²) in [6.07, 6.45) is 0.665. The van der Waals surface area contributed by atoms with Crippen LogP contribution in [-0.2, 0) is 4.79 Å². The molecule has 5 nitrogen and oxygen atoms in total. The minimum Gasteiger partial charge on any atom is -0.369 e. The summed E-state index contributed by atoms with van der Waals surface area (Å²) in [4.78, 5) is 12.5. The highest BCUT2D eigenvalue weighted by Gasteiger charge is 2.23. The maximum absolute atomic E-state index is 13.3. The van der Waals surface area contributed by atoms with Crippen molar-refractivity contribution in [3.63, 3.8) is 0 Å². The number of piperazine rings is 1. The molecule has 0 bridgehead atoms. The van der Waals surface area contributed by atoms with Crippen LogP contribution in [-0.4, -0.2) is 37.1 Å². The van der Waals surface area contributed by atoms with E-state index in [2.05, 4.69) is 10.3 Å². The molecule has 1 amide bonds. The predicted octanol–water partition coefficient (Wildman–Crippen LogP) is 0.869. The van der Waals surface area contributed by atoms with Crippen LogP contribution in [0, 0.1) is 17.1 Å². The first-order valence-corrected chi connectivity index (χ1v) is 6.06. The Morgan fingerprint density at radius 2 is 2.32 bits per heavy atom. The highest BCUT2D eigenvalue weighted by atomic mass is 19.1. The number of benzene rings is 1. The average Bonchev–Trinajstić information content (AvgIpc) is 2.42. The number of anilines is 1. The predicted molar refractivity (Wildman–Crippen MR) is 68.7 cm³/mol.